The molecule has 28 heavy (non-hydrogen) atoms. The molecule has 0 aliphatic rings. The zero-order chi connectivity index (χ0) is 19.9. The number of allylic oxidation sites excluding steroid dienone is 1. The first-order chi connectivity index (χ1) is 13.6. The van der Waals surface area contributed by atoms with Gasteiger partial charge in [0.1, 0.15) is 18.2 Å². The Morgan fingerprint density at radius 1 is 1.04 bits per heavy atom. The zero-order valence-electron chi connectivity index (χ0n) is 14.7. The molecule has 0 heterocycles. The molecular formula is C23H14FIN2O. The van der Waals surface area contributed by atoms with Gasteiger partial charge in [0.2, 0.25) is 0 Å². The van der Waals surface area contributed by atoms with Crippen molar-refractivity contribution in [2.24, 2.45) is 0 Å². The molecule has 0 N–H and O–H groups in total. The molecule has 136 valence electrons. The largest absolute Gasteiger partial charge is 0.488 e. The van der Waals surface area contributed by atoms with Crippen LogP contribution in [0.2, 0.25) is 0 Å². The quantitative estimate of drug-likeness (QED) is 0.258. The smallest absolute Gasteiger partial charge is 0.133 e. The van der Waals surface area contributed by atoms with Crippen LogP contribution in [-0.4, -0.2) is 0 Å². The number of nitriles is 2. The summed E-state index contributed by atoms with van der Waals surface area (Å²) < 4.78 is 20.7. The summed E-state index contributed by atoms with van der Waals surface area (Å²) in [7, 11) is 0. The van der Waals surface area contributed by atoms with E-state index in [0.717, 1.165) is 14.7 Å². The summed E-state index contributed by atoms with van der Waals surface area (Å²) in [6, 6.07) is 23.2. The van der Waals surface area contributed by atoms with Crippen molar-refractivity contribution in [3.63, 3.8) is 0 Å². The van der Waals surface area contributed by atoms with Crippen molar-refractivity contribution in [2.75, 3.05) is 0 Å². The van der Waals surface area contributed by atoms with Gasteiger partial charge in [0.25, 0.3) is 0 Å². The van der Waals surface area contributed by atoms with Gasteiger partial charge >= 0.3 is 0 Å². The highest BCUT2D eigenvalue weighted by atomic mass is 127. The SMILES string of the molecule is N#C/C(=C/c1ccc(OCc2ccccc2C#N)c(I)c1)c1ccccc1F. The first kappa shape index (κ1) is 19.6. The van der Waals surface area contributed by atoms with Gasteiger partial charge in [0.05, 0.1) is 26.8 Å². The van der Waals surface area contributed by atoms with E-state index in [4.69, 9.17) is 10.00 Å². The van der Waals surface area contributed by atoms with Crippen LogP contribution in [0.5, 0.6) is 5.75 Å². The second kappa shape index (κ2) is 9.16. The minimum absolute atomic E-state index is 0.255. The molecule has 0 aromatic heterocycles. The first-order valence-corrected chi connectivity index (χ1v) is 9.47. The lowest BCUT2D eigenvalue weighted by atomic mass is 10.0. The summed E-state index contributed by atoms with van der Waals surface area (Å²) in [5.41, 5.74) is 2.70. The maximum Gasteiger partial charge on any atom is 0.133 e. The van der Waals surface area contributed by atoms with Gasteiger partial charge in [-0.15, -0.1) is 0 Å². The number of hydrogen-bond donors (Lipinski definition) is 0. The summed E-state index contributed by atoms with van der Waals surface area (Å²) in [5, 5.41) is 18.6. The van der Waals surface area contributed by atoms with Crippen LogP contribution in [0.4, 0.5) is 4.39 Å². The third kappa shape index (κ3) is 4.57. The molecule has 3 nitrogen and oxygen atoms in total. The number of benzene rings is 3. The van der Waals surface area contributed by atoms with Crippen LogP contribution >= 0.6 is 22.6 Å². The zero-order valence-corrected chi connectivity index (χ0v) is 16.9. The molecule has 0 amide bonds. The van der Waals surface area contributed by atoms with Crippen molar-refractivity contribution in [3.8, 4) is 17.9 Å². The van der Waals surface area contributed by atoms with Crippen LogP contribution in [0.1, 0.15) is 22.3 Å². The minimum atomic E-state index is -0.430. The van der Waals surface area contributed by atoms with Crippen LogP contribution < -0.4 is 4.74 Å². The topological polar surface area (TPSA) is 56.8 Å². The van der Waals surface area contributed by atoms with E-state index < -0.39 is 5.82 Å². The Morgan fingerprint density at radius 3 is 2.50 bits per heavy atom. The maximum absolute atomic E-state index is 14.0. The van der Waals surface area contributed by atoms with Crippen molar-refractivity contribution >= 4 is 34.2 Å². The Bertz CT molecular complexity index is 1130. The van der Waals surface area contributed by atoms with Gasteiger partial charge in [0.15, 0.2) is 0 Å². The summed E-state index contributed by atoms with van der Waals surface area (Å²) in [5.74, 6) is 0.246. The minimum Gasteiger partial charge on any atom is -0.488 e. The van der Waals surface area contributed by atoms with Gasteiger partial charge in [0, 0.05) is 11.1 Å². The summed E-state index contributed by atoms with van der Waals surface area (Å²) >= 11 is 2.15. The number of nitrogens with zero attached hydrogens (tertiary/aromatic N) is 2. The third-order valence-corrected chi connectivity index (χ3v) is 4.92. The number of halogens is 2. The van der Waals surface area contributed by atoms with E-state index in [9.17, 15) is 9.65 Å². The van der Waals surface area contributed by atoms with Crippen molar-refractivity contribution in [2.45, 2.75) is 6.61 Å². The fraction of sp³-hybridized carbons (Fsp3) is 0.0435. The first-order valence-electron chi connectivity index (χ1n) is 8.39. The number of ether oxygens (including phenoxy) is 1. The Balaban J connectivity index is 1.82. The molecule has 3 aromatic rings. The summed E-state index contributed by atoms with van der Waals surface area (Å²) in [4.78, 5) is 0. The fourth-order valence-electron chi connectivity index (χ4n) is 2.65. The van der Waals surface area contributed by atoms with Crippen LogP contribution in [0.15, 0.2) is 66.7 Å². The second-order valence-corrected chi connectivity index (χ2v) is 7.06. The Labute approximate surface area is 176 Å². The molecule has 0 atom stereocenters. The summed E-state index contributed by atoms with van der Waals surface area (Å²) in [6.07, 6.45) is 1.65. The molecule has 0 aliphatic heterocycles. The van der Waals surface area contributed by atoms with Crippen molar-refractivity contribution in [3.05, 3.63) is 98.4 Å². The average Bonchev–Trinajstić information content (AvgIpc) is 2.72. The van der Waals surface area contributed by atoms with Crippen LogP contribution in [0.3, 0.4) is 0 Å². The molecule has 0 radical (unpaired) electrons. The van der Waals surface area contributed by atoms with Crippen molar-refractivity contribution in [1.82, 2.24) is 0 Å². The van der Waals surface area contributed by atoms with E-state index in [2.05, 4.69) is 34.7 Å². The molecule has 0 saturated heterocycles. The standard InChI is InChI=1S/C23H14FIN2O/c24-21-8-4-3-7-20(21)19(14-27)11-16-9-10-23(22(25)12-16)28-15-18-6-2-1-5-17(18)13-26/h1-12H,15H2/b19-11-. The Kier molecular flexibility index (Phi) is 6.41. The van der Waals surface area contributed by atoms with Gasteiger partial charge < -0.3 is 4.74 Å². The van der Waals surface area contributed by atoms with Crippen LogP contribution in [-0.2, 0) is 6.61 Å². The molecule has 3 aromatic carbocycles. The summed E-state index contributed by atoms with van der Waals surface area (Å²) in [6.45, 7) is 0.285. The van der Waals surface area contributed by atoms with Gasteiger partial charge in [-0.1, -0.05) is 42.5 Å². The molecule has 0 aliphatic carbocycles. The number of hydrogen-bond acceptors (Lipinski definition) is 3. The second-order valence-electron chi connectivity index (χ2n) is 5.90. The lowest BCUT2D eigenvalue weighted by Gasteiger charge is -2.10. The van der Waals surface area contributed by atoms with E-state index in [1.54, 1.807) is 36.4 Å². The molecule has 0 unspecified atom stereocenters. The molecule has 5 heteroatoms. The monoisotopic (exact) mass is 480 g/mol. The highest BCUT2D eigenvalue weighted by molar-refractivity contribution is 14.1. The predicted molar refractivity (Wildman–Crippen MR) is 115 cm³/mol. The van der Waals surface area contributed by atoms with E-state index in [1.165, 1.54) is 6.07 Å². The van der Waals surface area contributed by atoms with Gasteiger partial charge in [-0.05, 0) is 58.5 Å². The Morgan fingerprint density at radius 2 is 1.79 bits per heavy atom. The van der Waals surface area contributed by atoms with Gasteiger partial charge in [-0.3, -0.25) is 0 Å². The normalized spacial score (nSPS) is 10.8. The lowest BCUT2D eigenvalue weighted by Crippen LogP contribution is -1.99. The van der Waals surface area contributed by atoms with E-state index in [0.29, 0.717) is 11.3 Å². The molecule has 0 spiro atoms. The average molecular weight is 480 g/mol. The van der Waals surface area contributed by atoms with Crippen molar-refractivity contribution < 1.29 is 9.13 Å². The lowest BCUT2D eigenvalue weighted by molar-refractivity contribution is 0.303. The van der Waals surface area contributed by atoms with Crippen LogP contribution in [0, 0.1) is 32.0 Å². The highest BCUT2D eigenvalue weighted by Gasteiger charge is 2.09. The third-order valence-electron chi connectivity index (χ3n) is 4.07. The molecule has 0 saturated carbocycles. The van der Waals surface area contributed by atoms with Crippen LogP contribution in [0.25, 0.3) is 11.6 Å². The Hall–Kier alpha value is -3.16. The number of rotatable bonds is 5. The van der Waals surface area contributed by atoms with Gasteiger partial charge in [-0.25, -0.2) is 4.39 Å². The molecular weight excluding hydrogens is 466 g/mol. The van der Waals surface area contributed by atoms with E-state index in [1.807, 2.05) is 30.3 Å². The predicted octanol–water partition coefficient (Wildman–Crippen LogP) is 5.95. The van der Waals surface area contributed by atoms with E-state index >= 15 is 0 Å². The highest BCUT2D eigenvalue weighted by Crippen LogP contribution is 2.26. The van der Waals surface area contributed by atoms with Gasteiger partial charge in [-0.2, -0.15) is 10.5 Å². The van der Waals surface area contributed by atoms with E-state index in [-0.39, 0.29) is 17.7 Å². The fourth-order valence-corrected chi connectivity index (χ4v) is 3.35. The molecule has 0 bridgehead atoms. The molecule has 0 fully saturated rings. The van der Waals surface area contributed by atoms with Crippen molar-refractivity contribution in [1.29, 1.82) is 10.5 Å². The molecule has 3 rings (SSSR count). The maximum atomic E-state index is 14.0.